The van der Waals surface area contributed by atoms with Crippen molar-refractivity contribution in [2.24, 2.45) is 0 Å². The van der Waals surface area contributed by atoms with Crippen LogP contribution >= 0.6 is 0 Å². The Kier molecular flexibility index (Phi) is 13.2. The number of para-hydroxylation sites is 11. The first kappa shape index (κ1) is 60.8. The minimum absolute atomic E-state index is 0.112. The zero-order valence-corrected chi connectivity index (χ0v) is 71.6. The van der Waals surface area contributed by atoms with Gasteiger partial charge < -0.3 is 36.6 Å². The first-order valence-corrected chi connectivity index (χ1v) is 45.0. The fourth-order valence-corrected chi connectivity index (χ4v) is 21.8. The molecule has 0 N–H and O–H groups in total. The van der Waals surface area contributed by atoms with Gasteiger partial charge in [0.15, 0.2) is 0 Å². The van der Waals surface area contributed by atoms with Crippen molar-refractivity contribution in [1.82, 2.24) is 9.13 Å². The van der Waals surface area contributed by atoms with Crippen LogP contribution in [0.25, 0.3) is 232 Å². The maximum Gasteiger partial charge on any atom is 0.252 e. The lowest BCUT2D eigenvalue weighted by Crippen LogP contribution is -2.61. The van der Waals surface area contributed by atoms with Gasteiger partial charge in [0.1, 0.15) is 44.7 Å². The smallest absolute Gasteiger partial charge is 0.252 e. The first-order valence-electron chi connectivity index (χ1n) is 53.0. The van der Waals surface area contributed by atoms with E-state index in [1.807, 2.05) is 188 Å². The third-order valence-corrected chi connectivity index (χ3v) is 27.6. The van der Waals surface area contributed by atoms with Crippen molar-refractivity contribution in [3.63, 3.8) is 0 Å². The van der Waals surface area contributed by atoms with Gasteiger partial charge in [-0.1, -0.05) is 333 Å². The molecule has 0 saturated heterocycles. The summed E-state index contributed by atoms with van der Waals surface area (Å²) in [5.41, 5.74) is 22.1. The molecule has 9 heteroatoms. The van der Waals surface area contributed by atoms with Crippen LogP contribution in [-0.4, -0.2) is 15.8 Å². The lowest BCUT2D eigenvalue weighted by Gasteiger charge is -2.46. The molecule has 0 saturated carbocycles. The molecule has 0 aliphatic carbocycles. The summed E-state index contributed by atoms with van der Waals surface area (Å²) in [6.07, 6.45) is 0. The number of furan rings is 4. The summed E-state index contributed by atoms with van der Waals surface area (Å²) in [5.74, 6) is 0. The summed E-state index contributed by atoms with van der Waals surface area (Å²) in [7, 11) is 0. The van der Waals surface area contributed by atoms with Crippen LogP contribution in [0.4, 0.5) is 34.1 Å². The molecule has 29 rings (SSSR count). The molecule has 8 nitrogen and oxygen atoms in total. The Bertz CT molecular complexity index is 10100. The lowest BCUT2D eigenvalue weighted by atomic mass is 9.33. The third-order valence-electron chi connectivity index (χ3n) is 27.6. The second-order valence-corrected chi connectivity index (χ2v) is 34.7. The number of aromatic nitrogens is 2. The van der Waals surface area contributed by atoms with Crippen LogP contribution in [0.2, 0.25) is 0 Å². The Balaban J connectivity index is 0.857. The van der Waals surface area contributed by atoms with Crippen LogP contribution in [0, 0.1) is 0 Å². The van der Waals surface area contributed by atoms with E-state index in [2.05, 4.69) is 180 Å². The molecule has 2 aliphatic rings. The summed E-state index contributed by atoms with van der Waals surface area (Å²) in [6.45, 7) is -0.987. The van der Waals surface area contributed by atoms with Gasteiger partial charge in [-0.15, -0.1) is 0 Å². The standard InChI is InChI=1S/C126H75BN4O4/c1-5-32-76(33-6-1)80-66-100(78-36-9-3-10-37-78)121(102(68-80)97-51-29-48-94-90-44-17-25-58-116(90)132-123(94)97)130-112-74-84(128-108-54-21-13-40-86(108)87-41-14-22-55-109(87)128)62-64-106(112)127-107-65-63-85(129-110-56-23-15-42-88(110)89-43-16-24-57-111(89)129)75-113(107)131(122-101(79-38-11-4-12-39-79)67-81(77-34-7-2-8-35-77)69-103(122)98-52-30-49-95-91-45-18-26-59-117(91)133-124(95)98)115-73-83(72-114(130)120(115)127)82-70-104-93-47-20-28-61-119(93)135-126(104)105(71-82)99-53-31-50-96-92-46-19-27-60-118(92)134-125(96)99/h1-75H/i13D,14D,15D,16D,21D,22D,23D,24D,40D,41D,42D,43D,54D,55D,56D,57D. The molecule has 0 unspecified atom stereocenters. The number of fused-ring (bicyclic) bond motifs is 22. The maximum atomic E-state index is 10.2. The highest BCUT2D eigenvalue weighted by molar-refractivity contribution is 7.00. The molecule has 2 aliphatic heterocycles. The molecule has 6 aromatic heterocycles. The first-order chi connectivity index (χ1) is 73.6. The summed E-state index contributed by atoms with van der Waals surface area (Å²) in [4.78, 5) is 4.63. The van der Waals surface area contributed by atoms with Crippen molar-refractivity contribution >= 4 is 189 Å². The average molecular weight is 1740 g/mol. The van der Waals surface area contributed by atoms with E-state index in [-0.39, 0.29) is 55.0 Å². The third kappa shape index (κ3) is 11.3. The van der Waals surface area contributed by atoms with Gasteiger partial charge >= 0.3 is 0 Å². The molecule has 21 aromatic carbocycles. The highest BCUT2D eigenvalue weighted by atomic mass is 16.3. The minimum atomic E-state index is -0.987. The zero-order valence-electron chi connectivity index (χ0n) is 87.6. The molecule has 0 amide bonds. The van der Waals surface area contributed by atoms with Crippen LogP contribution in [0.5, 0.6) is 0 Å². The van der Waals surface area contributed by atoms with Crippen molar-refractivity contribution in [1.29, 1.82) is 0 Å². The van der Waals surface area contributed by atoms with Crippen molar-refractivity contribution < 1.29 is 39.6 Å². The number of anilines is 6. The molecule has 27 aromatic rings. The quantitative estimate of drug-likeness (QED) is 0.114. The minimum Gasteiger partial charge on any atom is -0.455 e. The highest BCUT2D eigenvalue weighted by Gasteiger charge is 2.47. The van der Waals surface area contributed by atoms with Crippen LogP contribution in [0.15, 0.2) is 472 Å². The monoisotopic (exact) mass is 1730 g/mol. The van der Waals surface area contributed by atoms with Gasteiger partial charge in [0.25, 0.3) is 6.71 Å². The predicted molar refractivity (Wildman–Crippen MR) is 562 cm³/mol. The van der Waals surface area contributed by atoms with E-state index in [1.54, 1.807) is 9.13 Å². The van der Waals surface area contributed by atoms with Gasteiger partial charge in [0.2, 0.25) is 0 Å². The lowest BCUT2D eigenvalue weighted by molar-refractivity contribution is 0.665. The number of nitrogens with zero attached hydrogens (tertiary/aromatic N) is 4. The second kappa shape index (κ2) is 29.3. The molecule has 0 radical (unpaired) electrons. The summed E-state index contributed by atoms with van der Waals surface area (Å²) in [6, 6.07) is 112. The maximum absolute atomic E-state index is 10.2. The van der Waals surface area contributed by atoms with Crippen LogP contribution in [0.1, 0.15) is 21.9 Å². The summed E-state index contributed by atoms with van der Waals surface area (Å²) < 4.78 is 189. The van der Waals surface area contributed by atoms with Crippen LogP contribution in [0.3, 0.4) is 0 Å². The van der Waals surface area contributed by atoms with Gasteiger partial charge in [-0.05, 0) is 182 Å². The molecule has 0 fully saturated rings. The van der Waals surface area contributed by atoms with Gasteiger partial charge in [0, 0.05) is 143 Å². The number of benzene rings is 21. The largest absolute Gasteiger partial charge is 0.455 e. The van der Waals surface area contributed by atoms with Crippen molar-refractivity contribution in [3.8, 4) is 100 Å². The predicted octanol–water partition coefficient (Wildman–Crippen LogP) is 32.9. The Labute approximate surface area is 797 Å². The van der Waals surface area contributed by atoms with E-state index in [9.17, 15) is 21.9 Å². The summed E-state index contributed by atoms with van der Waals surface area (Å²) in [5, 5.41) is 6.27. The van der Waals surface area contributed by atoms with Gasteiger partial charge in [0.05, 0.1) is 55.4 Å². The Morgan fingerprint density at radius 1 is 0.200 bits per heavy atom. The van der Waals surface area contributed by atoms with Crippen molar-refractivity contribution in [3.05, 3.63) is 455 Å². The second-order valence-electron chi connectivity index (χ2n) is 34.7. The number of rotatable bonds is 12. The molecule has 626 valence electrons. The van der Waals surface area contributed by atoms with Gasteiger partial charge in [-0.25, -0.2) is 0 Å². The molecule has 0 atom stereocenters. The normalized spacial score (nSPS) is 14.2. The zero-order chi connectivity index (χ0) is 102. The molecular formula is C126H75BN4O4. The van der Waals surface area contributed by atoms with Gasteiger partial charge in [-0.2, -0.15) is 0 Å². The number of hydrogen-bond acceptors (Lipinski definition) is 6. The van der Waals surface area contributed by atoms with Crippen molar-refractivity contribution in [2.45, 2.75) is 0 Å². The van der Waals surface area contributed by atoms with E-state index in [1.165, 1.54) is 0 Å². The topological polar surface area (TPSA) is 68.9 Å². The van der Waals surface area contributed by atoms with Crippen LogP contribution in [-0.2, 0) is 0 Å². The SMILES string of the molecule is [2H]c1c([2H])c([2H])c2c(c1[2H])c1c([2H])c([2H])c([2H])c([2H])c1n2-c1ccc2c(c1)N(c1c(-c3ccccc3)cc(-c3ccccc3)cc1-c1cccc3c1oc1ccccc13)c1cc(-c3cc(-c4cccc5c4oc4ccccc45)c4oc5ccccc5c4c3)cc3c1B2c1ccc(-n2c4c([2H])c([2H])c([2H])c([2H])c4c4c([2H])c([2H])c([2H])c([2H])c42)cc1N3c1c(-c2ccccc2)cc(-c2ccccc2)cc1-c1cccc2c1oc1ccccc12. The van der Waals surface area contributed by atoms with E-state index >= 15 is 0 Å². The van der Waals surface area contributed by atoms with Crippen LogP contribution < -0.4 is 26.2 Å². The Morgan fingerprint density at radius 2 is 0.496 bits per heavy atom. The van der Waals surface area contributed by atoms with E-state index in [0.29, 0.717) is 134 Å². The fraction of sp³-hybridized carbons (Fsp3) is 0. The van der Waals surface area contributed by atoms with Crippen molar-refractivity contribution in [2.75, 3.05) is 9.80 Å². The average Bonchev–Trinajstić information content (AvgIpc) is 1.65. The van der Waals surface area contributed by atoms with E-state index in [4.69, 9.17) is 17.7 Å². The molecule has 0 bridgehead atoms. The molecule has 0 spiro atoms. The molecule has 135 heavy (non-hydrogen) atoms. The molecule has 8 heterocycles. The fourth-order valence-electron chi connectivity index (χ4n) is 21.8. The number of hydrogen-bond donors (Lipinski definition) is 0. The van der Waals surface area contributed by atoms with E-state index in [0.717, 1.165) is 93.2 Å². The Hall–Kier alpha value is -17.9. The summed E-state index contributed by atoms with van der Waals surface area (Å²) >= 11 is 0. The van der Waals surface area contributed by atoms with E-state index < -0.39 is 103 Å². The highest BCUT2D eigenvalue weighted by Crippen LogP contribution is 2.59. The Morgan fingerprint density at radius 3 is 0.881 bits per heavy atom. The molecular weight excluding hydrogens is 1640 g/mol. The van der Waals surface area contributed by atoms with Gasteiger partial charge in [-0.3, -0.25) is 0 Å².